The molecule has 7 rings (SSSR count). The molecule has 2 aliphatic rings. The summed E-state index contributed by atoms with van der Waals surface area (Å²) in [5.41, 5.74) is 7.67. The number of hydrogen-bond acceptors (Lipinski definition) is 2. The summed E-state index contributed by atoms with van der Waals surface area (Å²) >= 11 is 0. The van der Waals surface area contributed by atoms with Crippen molar-refractivity contribution in [2.75, 3.05) is 6.61 Å². The third kappa shape index (κ3) is 11.6. The molecule has 1 aliphatic heterocycles. The molecule has 0 radical (unpaired) electrons. The highest BCUT2D eigenvalue weighted by Gasteiger charge is 2.58. The van der Waals surface area contributed by atoms with Crippen molar-refractivity contribution < 1.29 is 39.8 Å². The fourth-order valence-corrected chi connectivity index (χ4v) is 9.33. The molecule has 0 spiro atoms. The quantitative estimate of drug-likeness (QED) is 0.101. The maximum atomic E-state index is 15.3. The topological polar surface area (TPSA) is 26.5 Å². The highest BCUT2D eigenvalue weighted by molar-refractivity contribution is 6.66. The number of rotatable bonds is 10. The van der Waals surface area contributed by atoms with E-state index in [1.807, 2.05) is 74.5 Å². The lowest BCUT2D eigenvalue weighted by Crippen LogP contribution is -2.48. The molecule has 4 aromatic carbocycles. The molecule has 12 heteroatoms. The smallest absolute Gasteiger partial charge is 0.406 e. The average molecular weight is 1010 g/mol. The Morgan fingerprint density at radius 2 is 1.08 bits per heavy atom. The van der Waals surface area contributed by atoms with E-state index >= 15 is 8.78 Å². The molecule has 386 valence electrons. The van der Waals surface area contributed by atoms with Crippen LogP contribution < -0.4 is 5.46 Å². The van der Waals surface area contributed by atoms with E-state index in [1.165, 1.54) is 0 Å². The number of nitrogens with zero attached hydrogens (tertiary/aromatic N) is 2. The molecule has 73 heavy (non-hydrogen) atoms. The normalized spacial score (nSPS) is 17.9. The average Bonchev–Trinajstić information content (AvgIpc) is 3.92. The Labute approximate surface area is 427 Å². The van der Waals surface area contributed by atoms with Crippen LogP contribution in [-0.2, 0) is 32.5 Å². The van der Waals surface area contributed by atoms with Crippen LogP contribution in [0.2, 0.25) is 0 Å². The van der Waals surface area contributed by atoms with Crippen LogP contribution in [0.3, 0.4) is 0 Å². The lowest BCUT2D eigenvalue weighted by molar-refractivity contribution is -0.290. The van der Waals surface area contributed by atoms with Crippen molar-refractivity contribution in [1.29, 1.82) is 0 Å². The number of alkyl halides is 8. The van der Waals surface area contributed by atoms with Gasteiger partial charge in [-0.3, -0.25) is 0 Å². The summed E-state index contributed by atoms with van der Waals surface area (Å²) in [5, 5.41) is 0. The summed E-state index contributed by atoms with van der Waals surface area (Å²) in [6, 6.07) is 29.6. The molecule has 2 heterocycles. The first-order valence-corrected chi connectivity index (χ1v) is 24.7. The Morgan fingerprint density at radius 1 is 0.616 bits per heavy atom. The minimum atomic E-state index is -5.99. The van der Waals surface area contributed by atoms with Crippen LogP contribution >= 0.6 is 0 Å². The number of benzene rings is 4. The van der Waals surface area contributed by atoms with Gasteiger partial charge in [0, 0.05) is 27.9 Å². The fourth-order valence-electron chi connectivity index (χ4n) is 9.33. The second-order valence-electron chi connectivity index (χ2n) is 24.0. The zero-order valence-electron chi connectivity index (χ0n) is 44.4. The highest BCUT2D eigenvalue weighted by atomic mass is 19.4. The fraction of sp³-hybridized carbons (Fsp3) is 0.393. The van der Waals surface area contributed by atoms with Gasteiger partial charge in [-0.15, -0.1) is 0 Å². The van der Waals surface area contributed by atoms with Crippen molar-refractivity contribution >= 4 is 29.4 Å². The van der Waals surface area contributed by atoms with Crippen molar-refractivity contribution in [2.24, 2.45) is 10.4 Å². The monoisotopic (exact) mass is 1010 g/mol. The predicted molar refractivity (Wildman–Crippen MR) is 284 cm³/mol. The first kappa shape index (κ1) is 55.0. The number of aliphatic imine (C=N–C) groups is 1. The van der Waals surface area contributed by atoms with Gasteiger partial charge in [0.15, 0.2) is 0 Å². The Morgan fingerprint density at radius 3 is 1.51 bits per heavy atom. The van der Waals surface area contributed by atoms with E-state index < -0.39 is 42.9 Å². The molecule has 0 N–H and O–H groups in total. The molecule has 0 saturated heterocycles. The van der Waals surface area contributed by atoms with E-state index in [0.717, 1.165) is 63.2 Å². The van der Waals surface area contributed by atoms with Crippen molar-refractivity contribution in [3.8, 4) is 11.3 Å². The predicted octanol–water partition coefficient (Wildman–Crippen LogP) is 17.0. The molecule has 0 saturated carbocycles. The molecule has 1 aromatic heterocycles. The first-order chi connectivity index (χ1) is 33.5. The maximum Gasteiger partial charge on any atom is 0.456 e. The van der Waals surface area contributed by atoms with Gasteiger partial charge < -0.3 is 9.13 Å². The second kappa shape index (κ2) is 19.2. The van der Waals surface area contributed by atoms with Gasteiger partial charge in [-0.1, -0.05) is 205 Å². The lowest BCUT2D eigenvalue weighted by Gasteiger charge is -2.33. The van der Waals surface area contributed by atoms with Crippen molar-refractivity contribution in [3.05, 3.63) is 183 Å². The Bertz CT molecular complexity index is 2990. The molecule has 0 unspecified atom stereocenters. The van der Waals surface area contributed by atoms with E-state index in [9.17, 15) is 26.3 Å². The minimum absolute atomic E-state index is 0.0814. The number of halogens is 8. The third-order valence-electron chi connectivity index (χ3n) is 14.1. The summed E-state index contributed by atoms with van der Waals surface area (Å²) in [6.07, 6.45) is -1.98. The van der Waals surface area contributed by atoms with E-state index in [-0.39, 0.29) is 27.1 Å². The number of hydrogen-bond donors (Lipinski definition) is 0. The summed E-state index contributed by atoms with van der Waals surface area (Å²) in [6.45, 7) is 27.0. The first-order valence-electron chi connectivity index (χ1n) is 24.7. The van der Waals surface area contributed by atoms with Crippen molar-refractivity contribution in [2.45, 2.75) is 143 Å². The minimum Gasteiger partial charge on any atom is -0.406 e. The van der Waals surface area contributed by atoms with Gasteiger partial charge in [-0.05, 0) is 97.1 Å². The van der Waals surface area contributed by atoms with Gasteiger partial charge in [0.05, 0.1) is 17.0 Å². The van der Waals surface area contributed by atoms with E-state index in [1.54, 1.807) is 4.48 Å². The molecule has 1 atom stereocenters. The molecule has 0 amide bonds. The van der Waals surface area contributed by atoms with Crippen LogP contribution in [-0.4, -0.2) is 35.9 Å². The number of aromatic nitrogens is 1. The van der Waals surface area contributed by atoms with Crippen LogP contribution in [0.5, 0.6) is 0 Å². The van der Waals surface area contributed by atoms with Crippen molar-refractivity contribution in [3.63, 3.8) is 0 Å². The molecule has 0 bridgehead atoms. The van der Waals surface area contributed by atoms with Crippen LogP contribution in [0, 0.1) is 5.41 Å². The zero-order chi connectivity index (χ0) is 54.1. The Kier molecular flexibility index (Phi) is 14.5. The van der Waals surface area contributed by atoms with Crippen LogP contribution in [0.1, 0.15) is 148 Å². The van der Waals surface area contributed by atoms with Gasteiger partial charge in [0.2, 0.25) is 0 Å². The van der Waals surface area contributed by atoms with Crippen LogP contribution in [0.4, 0.5) is 35.1 Å². The third-order valence-corrected chi connectivity index (χ3v) is 14.1. The summed E-state index contributed by atoms with van der Waals surface area (Å²) in [7, 11) is -1.82. The Hall–Kier alpha value is -5.75. The standard InChI is InChI=1S/C61H67BF8N2O/c1-38(52-48(39-15-21-42(22-16-39)54(2,3)4)35-50(71-52)40-17-23-43(24-18-40)55(5,6)7)53-49(58(14)33-31-45(32-34-58)57(11,12)13)36-51(41-19-25-44(26-20-41)56(8,9)10)72(53)62(73-37-59(63,64)61(68,69)70)47-29-27-46(28-30-47)60(65,66)67/h15-33,35-36H,34,37H2,1-14H3/b52-38-/t58-/m1/s1. The molecule has 3 nitrogen and oxygen atoms in total. The lowest BCUT2D eigenvalue weighted by atomic mass is 9.70. The highest BCUT2D eigenvalue weighted by Crippen LogP contribution is 2.47. The van der Waals surface area contributed by atoms with E-state index in [4.69, 9.17) is 9.65 Å². The largest absolute Gasteiger partial charge is 0.456 e. The molecule has 5 aromatic rings. The molecule has 1 aliphatic carbocycles. The van der Waals surface area contributed by atoms with Gasteiger partial charge in [-0.25, -0.2) is 4.99 Å². The van der Waals surface area contributed by atoms with E-state index in [2.05, 4.69) is 126 Å². The molecular weight excluding hydrogens is 939 g/mol. The molecule has 0 fully saturated rings. The van der Waals surface area contributed by atoms with Gasteiger partial charge in [0.1, 0.15) is 6.61 Å². The van der Waals surface area contributed by atoms with Crippen LogP contribution in [0.15, 0.2) is 144 Å². The second-order valence-corrected chi connectivity index (χ2v) is 24.0. The van der Waals surface area contributed by atoms with Crippen molar-refractivity contribution in [1.82, 2.24) is 4.48 Å². The summed E-state index contributed by atoms with van der Waals surface area (Å²) < 4.78 is 123. The number of allylic oxidation sites excluding steroid dienone is 7. The summed E-state index contributed by atoms with van der Waals surface area (Å²) in [4.78, 5) is 5.38. The van der Waals surface area contributed by atoms with Gasteiger partial charge >= 0.3 is 25.3 Å². The zero-order valence-corrected chi connectivity index (χ0v) is 44.4. The van der Waals surface area contributed by atoms with E-state index in [0.29, 0.717) is 45.9 Å². The molecular formula is C61H67BF8N2O. The van der Waals surface area contributed by atoms with Crippen LogP contribution in [0.25, 0.3) is 22.4 Å². The SMILES string of the molecule is C/C(=C1/N=C(c2ccc(C(C)(C)C)cc2)C=C1c1ccc(C(C)(C)C)cc1)c1c([C@]2(C)C=CC(C(C)(C)C)=CC2)cc(-c2ccc(C(C)(C)C)cc2)n1B(OCC(F)(F)C(F)(F)F)c1ccc(C(F)(F)F)cc1. The maximum absolute atomic E-state index is 15.3. The van der Waals surface area contributed by atoms with Gasteiger partial charge in [-0.2, -0.15) is 35.1 Å². The summed E-state index contributed by atoms with van der Waals surface area (Å²) in [5.74, 6) is -5.33. The van der Waals surface area contributed by atoms with Gasteiger partial charge in [0.25, 0.3) is 0 Å². The Balaban J connectivity index is 1.62.